The van der Waals surface area contributed by atoms with Gasteiger partial charge >= 0.3 is 0 Å². The Kier molecular flexibility index (Phi) is 4.95. The number of aryl methyl sites for hydroxylation is 1. The third-order valence-corrected chi connectivity index (χ3v) is 3.66. The van der Waals surface area contributed by atoms with Crippen LogP contribution in [0.4, 0.5) is 11.5 Å². The Hall–Kier alpha value is -3.34. The highest BCUT2D eigenvalue weighted by Gasteiger charge is 2.07. The number of nitrogens with one attached hydrogen (secondary N) is 1. The van der Waals surface area contributed by atoms with E-state index in [1.807, 2.05) is 49.4 Å². The summed E-state index contributed by atoms with van der Waals surface area (Å²) in [5, 5.41) is 2.90. The summed E-state index contributed by atoms with van der Waals surface area (Å²) in [6.07, 6.45) is 1.61. The molecule has 5 nitrogen and oxygen atoms in total. The summed E-state index contributed by atoms with van der Waals surface area (Å²) in [7, 11) is 0. The Morgan fingerprint density at radius 1 is 1.12 bits per heavy atom. The zero-order valence-corrected chi connectivity index (χ0v) is 13.9. The number of nitrogens with zero attached hydrogens (tertiary/aromatic N) is 1. The molecule has 1 amide bonds. The van der Waals surface area contributed by atoms with Gasteiger partial charge < -0.3 is 15.8 Å². The zero-order chi connectivity index (χ0) is 17.6. The smallest absolute Gasteiger partial charge is 0.255 e. The summed E-state index contributed by atoms with van der Waals surface area (Å²) in [6.45, 7) is 2.29. The maximum atomic E-state index is 12.3. The molecular weight excluding hydrogens is 314 g/mol. The molecule has 0 aliphatic carbocycles. The molecule has 1 aromatic heterocycles. The number of aromatic nitrogens is 1. The van der Waals surface area contributed by atoms with Crippen molar-refractivity contribution < 1.29 is 9.53 Å². The van der Waals surface area contributed by atoms with Crippen LogP contribution >= 0.6 is 0 Å². The Balaban J connectivity index is 1.67. The van der Waals surface area contributed by atoms with E-state index in [0.29, 0.717) is 29.4 Å². The van der Waals surface area contributed by atoms with Crippen molar-refractivity contribution in [2.24, 2.45) is 0 Å². The summed E-state index contributed by atoms with van der Waals surface area (Å²) in [5.41, 5.74) is 9.07. The average Bonchev–Trinajstić information content (AvgIpc) is 2.61. The van der Waals surface area contributed by atoms with Crippen LogP contribution in [0.1, 0.15) is 21.5 Å². The van der Waals surface area contributed by atoms with Crippen LogP contribution in [0.2, 0.25) is 0 Å². The highest BCUT2D eigenvalue weighted by molar-refractivity contribution is 6.04. The third-order valence-electron chi connectivity index (χ3n) is 3.66. The van der Waals surface area contributed by atoms with Gasteiger partial charge in [0.1, 0.15) is 6.61 Å². The van der Waals surface area contributed by atoms with Crippen LogP contribution in [-0.2, 0) is 6.61 Å². The van der Waals surface area contributed by atoms with Crippen molar-refractivity contribution in [2.75, 3.05) is 11.1 Å². The third kappa shape index (κ3) is 4.35. The fraction of sp³-hybridized carbons (Fsp3) is 0.100. The first-order valence-corrected chi connectivity index (χ1v) is 7.92. The first-order chi connectivity index (χ1) is 12.1. The summed E-state index contributed by atoms with van der Waals surface area (Å²) in [4.78, 5) is 16.3. The number of carbonyl (C=O) groups excluding carboxylic acids is 1. The van der Waals surface area contributed by atoms with E-state index in [1.54, 1.807) is 24.4 Å². The molecule has 25 heavy (non-hydrogen) atoms. The molecule has 0 fully saturated rings. The summed E-state index contributed by atoms with van der Waals surface area (Å²) in [5.74, 6) is 0.751. The first-order valence-electron chi connectivity index (χ1n) is 7.92. The molecule has 3 aromatic rings. The number of ether oxygens (including phenoxy) is 1. The molecule has 3 rings (SSSR count). The number of benzene rings is 2. The van der Waals surface area contributed by atoms with Crippen molar-refractivity contribution >= 4 is 17.4 Å². The number of nitrogen functional groups attached to an aromatic ring is 1. The van der Waals surface area contributed by atoms with Crippen molar-refractivity contribution in [3.05, 3.63) is 83.6 Å². The van der Waals surface area contributed by atoms with E-state index in [9.17, 15) is 4.79 Å². The van der Waals surface area contributed by atoms with Crippen molar-refractivity contribution in [3.8, 4) is 5.75 Å². The highest BCUT2D eigenvalue weighted by atomic mass is 16.5. The zero-order valence-electron chi connectivity index (χ0n) is 13.9. The molecule has 126 valence electrons. The van der Waals surface area contributed by atoms with Gasteiger partial charge in [0.15, 0.2) is 11.6 Å². The molecule has 0 radical (unpaired) electrons. The van der Waals surface area contributed by atoms with Gasteiger partial charge in [0.25, 0.3) is 5.91 Å². The van der Waals surface area contributed by atoms with Gasteiger partial charge in [-0.05, 0) is 48.9 Å². The molecule has 5 heteroatoms. The van der Waals surface area contributed by atoms with Gasteiger partial charge in [0.2, 0.25) is 0 Å². The van der Waals surface area contributed by atoms with Crippen LogP contribution in [0.5, 0.6) is 5.75 Å². The van der Waals surface area contributed by atoms with Gasteiger partial charge in [-0.15, -0.1) is 0 Å². The SMILES string of the molecule is Cc1cccc(C(=O)Nc2cccc(COc3cccnc3N)c2)c1. The lowest BCUT2D eigenvalue weighted by Gasteiger charge is -2.10. The molecule has 3 N–H and O–H groups in total. The van der Waals surface area contributed by atoms with Crippen LogP contribution in [0.25, 0.3) is 0 Å². The predicted octanol–water partition coefficient (Wildman–Crippen LogP) is 3.80. The second kappa shape index (κ2) is 7.49. The fourth-order valence-electron chi connectivity index (χ4n) is 2.41. The predicted molar refractivity (Wildman–Crippen MR) is 98.6 cm³/mol. The van der Waals surface area contributed by atoms with E-state index >= 15 is 0 Å². The van der Waals surface area contributed by atoms with Crippen molar-refractivity contribution in [1.82, 2.24) is 4.98 Å². The molecule has 0 saturated carbocycles. The number of amides is 1. The average molecular weight is 333 g/mol. The largest absolute Gasteiger partial charge is 0.485 e. The molecule has 2 aromatic carbocycles. The van der Waals surface area contributed by atoms with Crippen molar-refractivity contribution in [3.63, 3.8) is 0 Å². The monoisotopic (exact) mass is 333 g/mol. The van der Waals surface area contributed by atoms with Gasteiger partial charge in [-0.2, -0.15) is 0 Å². The second-order valence-electron chi connectivity index (χ2n) is 5.70. The Morgan fingerprint density at radius 3 is 2.76 bits per heavy atom. The Morgan fingerprint density at radius 2 is 1.96 bits per heavy atom. The first kappa shape index (κ1) is 16.5. The number of hydrogen-bond acceptors (Lipinski definition) is 4. The van der Waals surface area contributed by atoms with E-state index in [4.69, 9.17) is 10.5 Å². The minimum atomic E-state index is -0.140. The van der Waals surface area contributed by atoms with Crippen LogP contribution in [0, 0.1) is 6.92 Å². The lowest BCUT2D eigenvalue weighted by Crippen LogP contribution is -2.12. The molecule has 0 unspecified atom stereocenters. The van der Waals surface area contributed by atoms with Crippen molar-refractivity contribution in [2.45, 2.75) is 13.5 Å². The molecule has 0 atom stereocenters. The number of pyridine rings is 1. The van der Waals surface area contributed by atoms with Crippen LogP contribution in [-0.4, -0.2) is 10.9 Å². The van der Waals surface area contributed by atoms with Gasteiger partial charge in [-0.25, -0.2) is 4.98 Å². The van der Waals surface area contributed by atoms with Crippen molar-refractivity contribution in [1.29, 1.82) is 0 Å². The molecule has 0 bridgehead atoms. The number of anilines is 2. The van der Waals surface area contributed by atoms with Gasteiger partial charge in [-0.3, -0.25) is 4.79 Å². The quantitative estimate of drug-likeness (QED) is 0.744. The molecular formula is C20H19N3O2. The molecule has 0 aliphatic heterocycles. The maximum absolute atomic E-state index is 12.3. The van der Waals surface area contributed by atoms with Gasteiger partial charge in [0.05, 0.1) is 0 Å². The molecule has 0 aliphatic rings. The normalized spacial score (nSPS) is 10.3. The lowest BCUT2D eigenvalue weighted by atomic mass is 10.1. The van der Waals surface area contributed by atoms with E-state index in [0.717, 1.165) is 11.1 Å². The minimum Gasteiger partial charge on any atom is -0.485 e. The number of hydrogen-bond donors (Lipinski definition) is 2. The molecule has 0 saturated heterocycles. The topological polar surface area (TPSA) is 77.2 Å². The number of carbonyl (C=O) groups is 1. The van der Waals surface area contributed by atoms with Crippen LogP contribution in [0.3, 0.4) is 0 Å². The van der Waals surface area contributed by atoms with E-state index in [2.05, 4.69) is 10.3 Å². The van der Waals surface area contributed by atoms with E-state index in [1.165, 1.54) is 0 Å². The Labute approximate surface area is 146 Å². The maximum Gasteiger partial charge on any atom is 0.255 e. The summed E-state index contributed by atoms with van der Waals surface area (Å²) >= 11 is 0. The van der Waals surface area contributed by atoms with E-state index in [-0.39, 0.29) is 5.91 Å². The minimum absolute atomic E-state index is 0.140. The fourth-order valence-corrected chi connectivity index (χ4v) is 2.41. The van der Waals surface area contributed by atoms with E-state index < -0.39 is 0 Å². The molecule has 1 heterocycles. The highest BCUT2D eigenvalue weighted by Crippen LogP contribution is 2.20. The van der Waals surface area contributed by atoms with Gasteiger partial charge in [0, 0.05) is 17.4 Å². The van der Waals surface area contributed by atoms with Crippen LogP contribution < -0.4 is 15.8 Å². The standard InChI is InChI=1S/C20H19N3O2/c1-14-5-2-7-16(11-14)20(24)23-17-8-3-6-15(12-17)13-25-18-9-4-10-22-19(18)21/h2-12H,13H2,1H3,(H2,21,22)(H,23,24). The van der Waals surface area contributed by atoms with Gasteiger partial charge in [-0.1, -0.05) is 29.8 Å². The summed E-state index contributed by atoms with van der Waals surface area (Å²) < 4.78 is 5.68. The lowest BCUT2D eigenvalue weighted by molar-refractivity contribution is 0.102. The Bertz CT molecular complexity index is 893. The summed E-state index contributed by atoms with van der Waals surface area (Å²) in [6, 6.07) is 18.5. The second-order valence-corrected chi connectivity index (χ2v) is 5.70. The van der Waals surface area contributed by atoms with Crippen LogP contribution in [0.15, 0.2) is 66.9 Å². The molecule has 0 spiro atoms. The number of nitrogens with two attached hydrogens (primary N) is 1. The number of rotatable bonds is 5.